The van der Waals surface area contributed by atoms with E-state index in [0.717, 1.165) is 35.1 Å². The van der Waals surface area contributed by atoms with Gasteiger partial charge in [0.2, 0.25) is 0 Å². The van der Waals surface area contributed by atoms with Crippen LogP contribution in [0.2, 0.25) is 0 Å². The number of nitrogens with zero attached hydrogens (tertiary/aromatic N) is 2. The van der Waals surface area contributed by atoms with Gasteiger partial charge in [0.05, 0.1) is 0 Å². The standard InChI is InChI=1S/C46H44N2O2.F6P.Mn/c1-3-39(33-19-9-5-10-20-33)41-29-17-27-37(45(41)49)31-47-43(35-23-13-7-14-24-35)44(36-25-15-8-16-26-36)48-32-38-28-18-30-42(46(38)50)40(4-2)34-21-11-6-12-22-34;1-7(2,3,4,5)6;/h5-32,39-40,43-44,49-50H,3-4H2,1-2H3;;/q;-1;/t39?,40?,43-,44-;;/m0../s1. The number of hydrogen-bond acceptors (Lipinski definition) is 4. The van der Waals surface area contributed by atoms with Crippen molar-refractivity contribution in [2.75, 3.05) is 0 Å². The molecule has 0 aromatic heterocycles. The van der Waals surface area contributed by atoms with E-state index in [4.69, 9.17) is 9.98 Å². The average Bonchev–Trinajstić information content (AvgIpc) is 3.19. The van der Waals surface area contributed by atoms with Crippen LogP contribution in [0.3, 0.4) is 0 Å². The van der Waals surface area contributed by atoms with Crippen molar-refractivity contribution in [1.82, 2.24) is 0 Å². The molecule has 6 aromatic carbocycles. The molecule has 6 rings (SSSR count). The van der Waals surface area contributed by atoms with Crippen molar-refractivity contribution in [2.45, 2.75) is 50.6 Å². The molecule has 305 valence electrons. The van der Waals surface area contributed by atoms with E-state index in [1.807, 2.05) is 109 Å². The summed E-state index contributed by atoms with van der Waals surface area (Å²) in [7, 11) is -10.7. The summed E-state index contributed by atoms with van der Waals surface area (Å²) in [5, 5.41) is 23.2. The molecule has 0 saturated heterocycles. The molecule has 6 aromatic rings. The van der Waals surface area contributed by atoms with Gasteiger partial charge < -0.3 is 10.2 Å². The zero-order chi connectivity index (χ0) is 41.1. The SMILES string of the molecule is CCC(c1ccccc1)c1cccc(C=N[C@@H](c2ccccc2)[C@@H](N=Cc2cccc(C(CC)c3ccccc3)c2O)c2ccccc2)c1O.F[P-](F)(F)(F)(F)F.[Mn]. The van der Waals surface area contributed by atoms with Crippen LogP contribution in [-0.4, -0.2) is 22.6 Å². The number of phenols is 2. The molecule has 0 amide bonds. The van der Waals surface area contributed by atoms with E-state index in [2.05, 4.69) is 62.4 Å². The molecule has 0 heterocycles. The number of halogens is 6. The minimum atomic E-state index is -10.7. The summed E-state index contributed by atoms with van der Waals surface area (Å²) in [6.07, 6.45) is 5.27. The summed E-state index contributed by atoms with van der Waals surface area (Å²) in [6, 6.07) is 51.9. The smallest absolute Gasteiger partial charge is 0 e. The second-order valence-electron chi connectivity index (χ2n) is 13.5. The topological polar surface area (TPSA) is 65.2 Å². The predicted molar refractivity (Wildman–Crippen MR) is 220 cm³/mol. The maximum absolute atomic E-state index is 11.6. The Labute approximate surface area is 345 Å². The first-order chi connectivity index (χ1) is 27.0. The molecule has 4 nitrogen and oxygen atoms in total. The summed E-state index contributed by atoms with van der Waals surface area (Å²) in [5.41, 5.74) is 7.41. The molecule has 2 unspecified atom stereocenters. The van der Waals surface area contributed by atoms with Gasteiger partial charge in [-0.2, -0.15) is 0 Å². The summed E-state index contributed by atoms with van der Waals surface area (Å²) in [6.45, 7) is 4.28. The zero-order valence-electron chi connectivity index (χ0n) is 31.8. The molecular formula is C46H44F6MnN2O2P-. The van der Waals surface area contributed by atoms with Crippen molar-refractivity contribution >= 4 is 20.2 Å². The van der Waals surface area contributed by atoms with Crippen molar-refractivity contribution in [3.63, 3.8) is 0 Å². The van der Waals surface area contributed by atoms with Gasteiger partial charge in [0.25, 0.3) is 0 Å². The third kappa shape index (κ3) is 13.4. The number of aromatic hydroxyl groups is 2. The van der Waals surface area contributed by atoms with Gasteiger partial charge >= 0.3 is 33.0 Å². The molecule has 12 heteroatoms. The molecule has 0 aliphatic rings. The second kappa shape index (κ2) is 19.0. The van der Waals surface area contributed by atoms with Crippen LogP contribution in [0, 0.1) is 0 Å². The van der Waals surface area contributed by atoms with Crippen LogP contribution in [0.5, 0.6) is 11.5 Å². The van der Waals surface area contributed by atoms with Crippen LogP contribution in [0.1, 0.15) is 95.1 Å². The molecule has 0 aliphatic heterocycles. The van der Waals surface area contributed by atoms with Crippen LogP contribution >= 0.6 is 7.81 Å². The van der Waals surface area contributed by atoms with E-state index in [1.165, 1.54) is 11.1 Å². The van der Waals surface area contributed by atoms with E-state index < -0.39 is 19.9 Å². The van der Waals surface area contributed by atoms with Crippen LogP contribution in [-0.2, 0) is 17.1 Å². The molecule has 0 fully saturated rings. The Kier molecular flexibility index (Phi) is 14.9. The molecule has 0 aliphatic carbocycles. The quantitative estimate of drug-likeness (QED) is 0.0526. The first-order valence-corrected chi connectivity index (χ1v) is 20.5. The number of rotatable bonds is 13. The molecule has 1 radical (unpaired) electrons. The van der Waals surface area contributed by atoms with Crippen molar-refractivity contribution < 1.29 is 52.5 Å². The van der Waals surface area contributed by atoms with Gasteiger partial charge in [0, 0.05) is 63.6 Å². The van der Waals surface area contributed by atoms with Crippen molar-refractivity contribution in [2.24, 2.45) is 9.98 Å². The Morgan fingerprint density at radius 3 is 1.00 bits per heavy atom. The molecular weight excluding hydrogens is 812 g/mol. The van der Waals surface area contributed by atoms with E-state index in [-0.39, 0.29) is 40.4 Å². The van der Waals surface area contributed by atoms with E-state index >= 15 is 0 Å². The Balaban J connectivity index is 0.000000853. The largest absolute Gasteiger partial charge is 0 e. The van der Waals surface area contributed by atoms with Gasteiger partial charge in [-0.25, -0.2) is 0 Å². The van der Waals surface area contributed by atoms with E-state index in [0.29, 0.717) is 11.1 Å². The maximum Gasteiger partial charge on any atom is 0 e. The van der Waals surface area contributed by atoms with Crippen LogP contribution in [0.25, 0.3) is 0 Å². The molecule has 58 heavy (non-hydrogen) atoms. The fraction of sp³-hybridized carbons (Fsp3) is 0.174. The number of benzene rings is 6. The van der Waals surface area contributed by atoms with Crippen molar-refractivity contribution in [1.29, 1.82) is 0 Å². The van der Waals surface area contributed by atoms with Crippen LogP contribution in [0.4, 0.5) is 25.2 Å². The second-order valence-corrected chi connectivity index (χ2v) is 15.5. The normalized spacial score (nSPS) is 14.9. The fourth-order valence-corrected chi connectivity index (χ4v) is 6.89. The third-order valence-electron chi connectivity index (χ3n) is 9.50. The van der Waals surface area contributed by atoms with Gasteiger partial charge in [0.1, 0.15) is 23.6 Å². The monoisotopic (exact) mass is 856 g/mol. The van der Waals surface area contributed by atoms with Gasteiger partial charge in [-0.15, -0.1) is 0 Å². The zero-order valence-corrected chi connectivity index (χ0v) is 33.8. The third-order valence-corrected chi connectivity index (χ3v) is 9.50. The van der Waals surface area contributed by atoms with Crippen molar-refractivity contribution in [3.8, 4) is 11.5 Å². The summed E-state index contributed by atoms with van der Waals surface area (Å²) >= 11 is 0. The Morgan fingerprint density at radius 1 is 0.448 bits per heavy atom. The Bertz CT molecular complexity index is 2110. The molecule has 2 N–H and O–H groups in total. The average molecular weight is 857 g/mol. The molecule has 4 atom stereocenters. The number of phenolic OH excluding ortho intramolecular Hbond substituents is 2. The van der Waals surface area contributed by atoms with Crippen LogP contribution < -0.4 is 0 Å². The minimum absolute atomic E-state index is 0. The van der Waals surface area contributed by atoms with Gasteiger partial charge in [-0.3, -0.25) is 9.98 Å². The van der Waals surface area contributed by atoms with Gasteiger partial charge in [-0.05, 0) is 47.2 Å². The molecule has 0 spiro atoms. The molecule has 0 bridgehead atoms. The molecule has 0 saturated carbocycles. The number of para-hydroxylation sites is 2. The van der Waals surface area contributed by atoms with Crippen LogP contribution in [0.15, 0.2) is 168 Å². The first kappa shape index (κ1) is 45.5. The van der Waals surface area contributed by atoms with Gasteiger partial charge in [-0.1, -0.05) is 159 Å². The van der Waals surface area contributed by atoms with Gasteiger partial charge in [0.15, 0.2) is 0 Å². The summed E-state index contributed by atoms with van der Waals surface area (Å²) in [5.74, 6) is 0.607. The summed E-state index contributed by atoms with van der Waals surface area (Å²) < 4.78 is 59.2. The number of hydrogen-bond donors (Lipinski definition) is 2. The summed E-state index contributed by atoms with van der Waals surface area (Å²) in [4.78, 5) is 10.3. The fourth-order valence-electron chi connectivity index (χ4n) is 6.89. The predicted octanol–water partition coefficient (Wildman–Crippen LogP) is 14.6. The Morgan fingerprint density at radius 2 is 0.724 bits per heavy atom. The van der Waals surface area contributed by atoms with Crippen molar-refractivity contribution in [3.05, 3.63) is 202 Å². The van der Waals surface area contributed by atoms with E-state index in [9.17, 15) is 35.4 Å². The van der Waals surface area contributed by atoms with E-state index in [1.54, 1.807) is 12.4 Å². The number of aliphatic imine (C=N–C) groups is 2. The maximum atomic E-state index is 11.6. The Hall–Kier alpha value is -5.21. The first-order valence-electron chi connectivity index (χ1n) is 18.5. The minimum Gasteiger partial charge on any atom is 0 e.